The number of hydrogen-bond acceptors (Lipinski definition) is 7. The summed E-state index contributed by atoms with van der Waals surface area (Å²) in [6.07, 6.45) is 0. The highest BCUT2D eigenvalue weighted by Gasteiger charge is 2.24. The van der Waals surface area contributed by atoms with Crippen molar-refractivity contribution >= 4 is 55.6 Å². The van der Waals surface area contributed by atoms with E-state index in [0.717, 1.165) is 5.56 Å². The molecule has 34 heavy (non-hydrogen) atoms. The first kappa shape index (κ1) is 26.2. The third kappa shape index (κ3) is 6.00. The van der Waals surface area contributed by atoms with Crippen molar-refractivity contribution in [1.29, 1.82) is 0 Å². The molecular weight excluding hydrogens is 521 g/mol. The number of benzene rings is 2. The number of carbonyl (C=O) groups excluding carboxylic acids is 1. The van der Waals surface area contributed by atoms with Gasteiger partial charge in [0.1, 0.15) is 0 Å². The molecule has 0 saturated heterocycles. The molecule has 0 aliphatic heterocycles. The molecule has 0 radical (unpaired) electrons. The van der Waals surface area contributed by atoms with E-state index in [2.05, 4.69) is 10.3 Å². The summed E-state index contributed by atoms with van der Waals surface area (Å²) in [4.78, 5) is 17.2. The number of thiazole rings is 1. The number of aromatic nitrogens is 1. The number of anilines is 1. The highest BCUT2D eigenvalue weighted by Crippen LogP contribution is 2.33. The highest BCUT2D eigenvalue weighted by atomic mass is 35.5. The van der Waals surface area contributed by atoms with E-state index < -0.39 is 15.9 Å². The summed E-state index contributed by atoms with van der Waals surface area (Å²) in [6.45, 7) is 0.288. The van der Waals surface area contributed by atoms with Crippen molar-refractivity contribution in [2.45, 2.75) is 4.90 Å². The highest BCUT2D eigenvalue weighted by molar-refractivity contribution is 7.89. The quantitative estimate of drug-likeness (QED) is 0.356. The fraction of sp³-hybridized carbons (Fsp3) is 0.273. The number of alkyl halides is 2. The van der Waals surface area contributed by atoms with Gasteiger partial charge in [-0.1, -0.05) is 0 Å². The second kappa shape index (κ2) is 11.9. The van der Waals surface area contributed by atoms with Gasteiger partial charge in [0, 0.05) is 41.4 Å². The van der Waals surface area contributed by atoms with Crippen LogP contribution in [0.3, 0.4) is 0 Å². The molecule has 0 atom stereocenters. The maximum Gasteiger partial charge on any atom is 0.257 e. The Hall–Kier alpha value is -2.37. The summed E-state index contributed by atoms with van der Waals surface area (Å²) in [5.41, 5.74) is 1.77. The number of hydrogen-bond donors (Lipinski definition) is 1. The molecule has 12 heteroatoms. The molecule has 0 saturated carbocycles. The second-order valence-electron chi connectivity index (χ2n) is 6.87. The normalized spacial score (nSPS) is 11.4. The number of sulfonamides is 1. The van der Waals surface area contributed by atoms with E-state index in [4.69, 9.17) is 32.7 Å². The lowest BCUT2D eigenvalue weighted by atomic mass is 10.1. The van der Waals surface area contributed by atoms with Gasteiger partial charge < -0.3 is 9.47 Å². The number of rotatable bonds is 11. The van der Waals surface area contributed by atoms with Crippen molar-refractivity contribution < 1.29 is 22.7 Å². The minimum Gasteiger partial charge on any atom is -0.493 e. The van der Waals surface area contributed by atoms with Crippen molar-refractivity contribution in [3.63, 3.8) is 0 Å². The van der Waals surface area contributed by atoms with Crippen molar-refractivity contribution in [2.75, 3.05) is 44.4 Å². The smallest absolute Gasteiger partial charge is 0.257 e. The number of ether oxygens (including phenoxy) is 2. The van der Waals surface area contributed by atoms with Gasteiger partial charge in [0.25, 0.3) is 5.91 Å². The van der Waals surface area contributed by atoms with E-state index in [1.807, 2.05) is 11.4 Å². The first-order valence-corrected chi connectivity index (χ1v) is 13.4. The van der Waals surface area contributed by atoms with Crippen molar-refractivity contribution in [3.05, 3.63) is 53.4 Å². The molecule has 1 aromatic heterocycles. The second-order valence-corrected chi connectivity index (χ2v) is 10.4. The summed E-state index contributed by atoms with van der Waals surface area (Å²) < 4.78 is 37.4. The van der Waals surface area contributed by atoms with Crippen LogP contribution in [-0.4, -0.2) is 62.7 Å². The molecule has 1 heterocycles. The average molecular weight is 544 g/mol. The van der Waals surface area contributed by atoms with Crippen molar-refractivity contribution in [2.24, 2.45) is 0 Å². The van der Waals surface area contributed by atoms with Crippen LogP contribution in [0.15, 0.2) is 52.7 Å². The van der Waals surface area contributed by atoms with Gasteiger partial charge in [-0.2, -0.15) is 4.31 Å². The first-order valence-electron chi connectivity index (χ1n) is 10.1. The van der Waals surface area contributed by atoms with Gasteiger partial charge >= 0.3 is 0 Å². The van der Waals surface area contributed by atoms with Gasteiger partial charge in [-0.05, 0) is 42.5 Å². The molecule has 182 valence electrons. The number of nitrogens with one attached hydrogen (secondary N) is 1. The van der Waals surface area contributed by atoms with Crippen molar-refractivity contribution in [1.82, 2.24) is 9.29 Å². The summed E-state index contributed by atoms with van der Waals surface area (Å²) in [7, 11) is -0.647. The summed E-state index contributed by atoms with van der Waals surface area (Å²) in [5, 5.41) is 4.96. The predicted molar refractivity (Wildman–Crippen MR) is 135 cm³/mol. The Morgan fingerprint density at radius 1 is 1.03 bits per heavy atom. The molecule has 0 fully saturated rings. The lowest BCUT2D eigenvalue weighted by Gasteiger charge is -2.20. The van der Waals surface area contributed by atoms with E-state index >= 15 is 0 Å². The zero-order valence-electron chi connectivity index (χ0n) is 18.5. The van der Waals surface area contributed by atoms with Crippen LogP contribution >= 0.6 is 34.5 Å². The zero-order valence-corrected chi connectivity index (χ0v) is 21.6. The number of amides is 1. The van der Waals surface area contributed by atoms with Crippen LogP contribution in [0.25, 0.3) is 11.3 Å². The Labute approximate surface area is 212 Å². The van der Waals surface area contributed by atoms with Gasteiger partial charge in [-0.15, -0.1) is 34.5 Å². The fourth-order valence-electron chi connectivity index (χ4n) is 3.10. The Bertz CT molecular complexity index is 1230. The topological polar surface area (TPSA) is 97.8 Å². The van der Waals surface area contributed by atoms with Crippen LogP contribution in [0.2, 0.25) is 0 Å². The molecule has 0 aliphatic rings. The molecule has 0 bridgehead atoms. The van der Waals surface area contributed by atoms with E-state index in [1.165, 1.54) is 39.9 Å². The van der Waals surface area contributed by atoms with Gasteiger partial charge in [0.2, 0.25) is 10.0 Å². The first-order chi connectivity index (χ1) is 16.3. The van der Waals surface area contributed by atoms with E-state index in [-0.39, 0.29) is 29.7 Å². The zero-order chi connectivity index (χ0) is 24.7. The van der Waals surface area contributed by atoms with Gasteiger partial charge in [-0.25, -0.2) is 13.4 Å². The third-order valence-electron chi connectivity index (χ3n) is 4.83. The van der Waals surface area contributed by atoms with Gasteiger partial charge in [-0.3, -0.25) is 10.1 Å². The van der Waals surface area contributed by atoms with Crippen molar-refractivity contribution in [3.8, 4) is 22.8 Å². The number of halogens is 2. The number of methoxy groups -OCH3 is 2. The number of carbonyl (C=O) groups is 1. The number of nitrogens with zero attached hydrogens (tertiary/aromatic N) is 2. The molecule has 0 aliphatic carbocycles. The Morgan fingerprint density at radius 3 is 2.26 bits per heavy atom. The van der Waals surface area contributed by atoms with Crippen LogP contribution in [0.5, 0.6) is 11.5 Å². The summed E-state index contributed by atoms with van der Waals surface area (Å²) in [5.74, 6) is 1.07. The molecule has 0 unspecified atom stereocenters. The monoisotopic (exact) mass is 543 g/mol. The Morgan fingerprint density at radius 2 is 1.68 bits per heavy atom. The van der Waals surface area contributed by atoms with Gasteiger partial charge in [0.15, 0.2) is 16.6 Å². The summed E-state index contributed by atoms with van der Waals surface area (Å²) in [6, 6.07) is 11.1. The Kier molecular flexibility index (Phi) is 9.15. The largest absolute Gasteiger partial charge is 0.493 e. The molecule has 1 N–H and O–H groups in total. The summed E-state index contributed by atoms with van der Waals surface area (Å²) >= 11 is 12.7. The van der Waals surface area contributed by atoms with Crippen LogP contribution in [0, 0.1) is 0 Å². The van der Waals surface area contributed by atoms with Crippen LogP contribution in [0.4, 0.5) is 5.13 Å². The molecule has 0 spiro atoms. The van der Waals surface area contributed by atoms with E-state index in [1.54, 1.807) is 26.4 Å². The standard InChI is InChI=1S/C22H23Cl2N3O5S2/c1-31-19-8-5-16(13-20(19)32-2)18-14-33-22(25-18)26-21(28)15-3-6-17(7-4-15)34(29,30)27(11-9-23)12-10-24/h3-8,13-14H,9-12H2,1-2H3,(H,25,26,28). The maximum atomic E-state index is 12.8. The maximum absolute atomic E-state index is 12.8. The van der Waals surface area contributed by atoms with E-state index in [9.17, 15) is 13.2 Å². The predicted octanol–water partition coefficient (Wildman–Crippen LogP) is 4.55. The Balaban J connectivity index is 1.73. The van der Waals surface area contributed by atoms with Crippen LogP contribution in [-0.2, 0) is 10.0 Å². The minimum absolute atomic E-state index is 0.0595. The van der Waals surface area contributed by atoms with Crippen LogP contribution in [0.1, 0.15) is 10.4 Å². The fourth-order valence-corrected chi connectivity index (χ4v) is 5.86. The molecule has 3 aromatic rings. The average Bonchev–Trinajstić information content (AvgIpc) is 3.31. The van der Waals surface area contributed by atoms with E-state index in [0.29, 0.717) is 27.9 Å². The molecule has 1 amide bonds. The van der Waals surface area contributed by atoms with Gasteiger partial charge in [0.05, 0.1) is 24.8 Å². The SMILES string of the molecule is COc1ccc(-c2csc(NC(=O)c3ccc(S(=O)(=O)N(CCCl)CCCl)cc3)n2)cc1OC. The molecule has 3 rings (SSSR count). The van der Waals surface area contributed by atoms with Crippen LogP contribution < -0.4 is 14.8 Å². The lowest BCUT2D eigenvalue weighted by Crippen LogP contribution is -2.34. The molecule has 2 aromatic carbocycles. The molecular formula is C22H23Cl2N3O5S2. The third-order valence-corrected chi connectivity index (χ3v) is 7.83. The lowest BCUT2D eigenvalue weighted by molar-refractivity contribution is 0.102. The molecule has 8 nitrogen and oxygen atoms in total. The minimum atomic E-state index is -3.76.